The molecule has 2 aromatic carbocycles. The van der Waals surface area contributed by atoms with Crippen molar-refractivity contribution in [1.82, 2.24) is 0 Å². The summed E-state index contributed by atoms with van der Waals surface area (Å²) in [5.41, 5.74) is 2.54. The number of benzene rings is 2. The molecule has 4 nitrogen and oxygen atoms in total. The van der Waals surface area contributed by atoms with Crippen molar-refractivity contribution in [3.63, 3.8) is 0 Å². The van der Waals surface area contributed by atoms with Gasteiger partial charge < -0.3 is 10.4 Å². The zero-order chi connectivity index (χ0) is 17.4. The van der Waals surface area contributed by atoms with E-state index in [1.54, 1.807) is 24.3 Å². The maximum absolute atomic E-state index is 12.2. The van der Waals surface area contributed by atoms with Crippen molar-refractivity contribution in [2.75, 3.05) is 11.2 Å². The van der Waals surface area contributed by atoms with Crippen LogP contribution in [0.1, 0.15) is 21.5 Å². The summed E-state index contributed by atoms with van der Waals surface area (Å²) in [6.07, 6.45) is 1.59. The fourth-order valence-electron chi connectivity index (χ4n) is 2.42. The highest BCUT2D eigenvalue weighted by molar-refractivity contribution is 6.38. The third kappa shape index (κ3) is 3.00. The number of Topliss-reactive ketones (excluding diaryl/α,β-unsaturated/α-hetero) is 1. The number of phenols is 1. The minimum absolute atomic E-state index is 0.0825. The van der Waals surface area contributed by atoms with E-state index in [2.05, 4.69) is 5.32 Å². The monoisotopic (exact) mass is 381 g/mol. The van der Waals surface area contributed by atoms with E-state index in [4.69, 9.17) is 34.8 Å². The average molecular weight is 383 g/mol. The van der Waals surface area contributed by atoms with Crippen molar-refractivity contribution in [3.05, 3.63) is 57.1 Å². The predicted octanol–water partition coefficient (Wildman–Crippen LogP) is 4.61. The average Bonchev–Trinajstić information content (AvgIpc) is 2.87. The number of hydrogen-bond donors (Lipinski definition) is 2. The minimum Gasteiger partial charge on any atom is -0.505 e. The molecule has 0 unspecified atom stereocenters. The van der Waals surface area contributed by atoms with Crippen LogP contribution in [-0.2, 0) is 4.79 Å². The fourth-order valence-corrected chi connectivity index (χ4v) is 3.08. The van der Waals surface area contributed by atoms with Gasteiger partial charge in [0.15, 0.2) is 11.5 Å². The van der Waals surface area contributed by atoms with Crippen LogP contribution in [0, 0.1) is 0 Å². The molecule has 0 saturated carbocycles. The number of aromatic hydroxyl groups is 1. The highest BCUT2D eigenvalue weighted by Gasteiger charge is 2.25. The summed E-state index contributed by atoms with van der Waals surface area (Å²) in [4.78, 5) is 24.0. The molecule has 0 atom stereocenters. The number of halogens is 3. The Morgan fingerprint density at radius 1 is 1.17 bits per heavy atom. The summed E-state index contributed by atoms with van der Waals surface area (Å²) >= 11 is 17.4. The summed E-state index contributed by atoms with van der Waals surface area (Å²) < 4.78 is 0. The number of ketones is 1. The smallest absolute Gasteiger partial charge is 0.256 e. The fraction of sp³-hybridized carbons (Fsp3) is 0.0588. The van der Waals surface area contributed by atoms with Crippen LogP contribution in [0.2, 0.25) is 10.0 Å². The van der Waals surface area contributed by atoms with Crippen molar-refractivity contribution in [3.8, 4) is 5.75 Å². The van der Waals surface area contributed by atoms with Gasteiger partial charge >= 0.3 is 0 Å². The van der Waals surface area contributed by atoms with Gasteiger partial charge in [-0.3, -0.25) is 9.59 Å². The standard InChI is InChI=1S/C17H10Cl3NO3/c18-7-15(22)9-1-2-14-10(6-9)11(17(24)21-14)3-8-4-12(19)16(23)13(20)5-8/h1-6,23H,7H2,(H,21,24)/b11-3-. The number of amides is 1. The van der Waals surface area contributed by atoms with Crippen molar-refractivity contribution in [2.45, 2.75) is 0 Å². The Bertz CT molecular complexity index is 883. The molecule has 0 aliphatic carbocycles. The number of hydrogen-bond acceptors (Lipinski definition) is 3. The second-order valence-corrected chi connectivity index (χ2v) is 6.24. The van der Waals surface area contributed by atoms with Crippen molar-refractivity contribution in [2.24, 2.45) is 0 Å². The molecule has 0 bridgehead atoms. The Kier molecular flexibility index (Phi) is 4.54. The molecule has 0 fully saturated rings. The van der Waals surface area contributed by atoms with Gasteiger partial charge in [-0.25, -0.2) is 0 Å². The number of phenolic OH excluding ortho intramolecular Hbond substituents is 1. The molecular weight excluding hydrogens is 373 g/mol. The molecule has 1 heterocycles. The molecule has 1 aliphatic heterocycles. The maximum Gasteiger partial charge on any atom is 0.256 e. The van der Waals surface area contributed by atoms with Gasteiger partial charge in [0.2, 0.25) is 0 Å². The SMILES string of the molecule is O=C1Nc2ccc(C(=O)CCl)cc2/C1=C/c1cc(Cl)c(O)c(Cl)c1. The lowest BCUT2D eigenvalue weighted by atomic mass is 10.0. The summed E-state index contributed by atoms with van der Waals surface area (Å²) in [5, 5.41) is 12.5. The van der Waals surface area contributed by atoms with E-state index in [0.29, 0.717) is 28.0 Å². The van der Waals surface area contributed by atoms with Crippen molar-refractivity contribution in [1.29, 1.82) is 0 Å². The molecule has 122 valence electrons. The number of carbonyl (C=O) groups is 2. The molecule has 1 amide bonds. The molecule has 0 aromatic heterocycles. The molecule has 0 saturated heterocycles. The van der Waals surface area contributed by atoms with Gasteiger partial charge in [-0.15, -0.1) is 11.6 Å². The molecule has 3 rings (SSSR count). The Labute approximate surface area is 152 Å². The number of carbonyl (C=O) groups excluding carboxylic acids is 2. The van der Waals surface area contributed by atoms with Crippen LogP contribution in [-0.4, -0.2) is 22.7 Å². The first-order valence-electron chi connectivity index (χ1n) is 6.85. The van der Waals surface area contributed by atoms with Crippen molar-refractivity contribution < 1.29 is 14.7 Å². The molecule has 2 aromatic rings. The van der Waals surface area contributed by atoms with E-state index in [9.17, 15) is 14.7 Å². The topological polar surface area (TPSA) is 66.4 Å². The van der Waals surface area contributed by atoms with Crippen LogP contribution in [0.4, 0.5) is 5.69 Å². The summed E-state index contributed by atoms with van der Waals surface area (Å²) in [5.74, 6) is -0.885. The molecule has 0 spiro atoms. The third-order valence-corrected chi connectivity index (χ3v) is 4.42. The van der Waals surface area contributed by atoms with Gasteiger partial charge in [0.05, 0.1) is 15.9 Å². The first-order valence-corrected chi connectivity index (χ1v) is 8.14. The number of anilines is 1. The summed E-state index contributed by atoms with van der Waals surface area (Å²) in [6.45, 7) is 0. The van der Waals surface area contributed by atoms with Gasteiger partial charge in [0, 0.05) is 22.4 Å². The van der Waals surface area contributed by atoms with E-state index < -0.39 is 0 Å². The Morgan fingerprint density at radius 3 is 2.46 bits per heavy atom. The van der Waals surface area contributed by atoms with Crippen LogP contribution in [0.25, 0.3) is 11.6 Å². The molecular formula is C17H10Cl3NO3. The van der Waals surface area contributed by atoms with E-state index in [1.165, 1.54) is 12.1 Å². The van der Waals surface area contributed by atoms with E-state index in [1.807, 2.05) is 0 Å². The summed E-state index contributed by atoms with van der Waals surface area (Å²) in [7, 11) is 0. The number of alkyl halides is 1. The largest absolute Gasteiger partial charge is 0.505 e. The number of fused-ring (bicyclic) bond motifs is 1. The number of nitrogens with one attached hydrogen (secondary N) is 1. The predicted molar refractivity (Wildman–Crippen MR) is 96.1 cm³/mol. The zero-order valence-corrected chi connectivity index (χ0v) is 14.3. The van der Waals surface area contributed by atoms with Gasteiger partial charge in [0.25, 0.3) is 5.91 Å². The quantitative estimate of drug-likeness (QED) is 0.463. The van der Waals surface area contributed by atoms with Crippen LogP contribution >= 0.6 is 34.8 Å². The number of rotatable bonds is 3. The molecule has 2 N–H and O–H groups in total. The van der Waals surface area contributed by atoms with Gasteiger partial charge in [-0.2, -0.15) is 0 Å². The van der Waals surface area contributed by atoms with Crippen molar-refractivity contribution >= 4 is 63.8 Å². The molecule has 1 aliphatic rings. The maximum atomic E-state index is 12.2. The van der Waals surface area contributed by atoms with Crippen LogP contribution in [0.5, 0.6) is 5.75 Å². The highest BCUT2D eigenvalue weighted by atomic mass is 35.5. The lowest BCUT2D eigenvalue weighted by Gasteiger charge is -2.04. The summed E-state index contributed by atoms with van der Waals surface area (Å²) in [6, 6.07) is 7.88. The van der Waals surface area contributed by atoms with Gasteiger partial charge in [-0.1, -0.05) is 23.2 Å². The lowest BCUT2D eigenvalue weighted by molar-refractivity contribution is -0.110. The van der Waals surface area contributed by atoms with Crippen LogP contribution in [0.15, 0.2) is 30.3 Å². The molecule has 0 radical (unpaired) electrons. The second kappa shape index (κ2) is 6.48. The van der Waals surface area contributed by atoms with Gasteiger partial charge in [-0.05, 0) is 42.0 Å². The Hall–Kier alpha value is -2.01. The first kappa shape index (κ1) is 16.8. The Balaban J connectivity index is 2.10. The Morgan fingerprint density at radius 2 is 1.83 bits per heavy atom. The van der Waals surface area contributed by atoms with Crippen LogP contribution in [0.3, 0.4) is 0 Å². The highest BCUT2D eigenvalue weighted by Crippen LogP contribution is 2.37. The normalized spacial score (nSPS) is 14.6. The first-order chi connectivity index (χ1) is 11.4. The van der Waals surface area contributed by atoms with E-state index >= 15 is 0 Å². The molecule has 7 heteroatoms. The van der Waals surface area contributed by atoms with Gasteiger partial charge in [0.1, 0.15) is 0 Å². The van der Waals surface area contributed by atoms with E-state index in [-0.39, 0.29) is 33.4 Å². The minimum atomic E-state index is -0.305. The van der Waals surface area contributed by atoms with E-state index in [0.717, 1.165) is 0 Å². The third-order valence-electron chi connectivity index (χ3n) is 3.60. The molecule has 24 heavy (non-hydrogen) atoms. The second-order valence-electron chi connectivity index (χ2n) is 5.16. The zero-order valence-electron chi connectivity index (χ0n) is 12.1. The van der Waals surface area contributed by atoms with Crippen LogP contribution < -0.4 is 5.32 Å². The lowest BCUT2D eigenvalue weighted by Crippen LogP contribution is -2.03.